The van der Waals surface area contributed by atoms with Gasteiger partial charge in [0.2, 0.25) is 0 Å². The zero-order chi connectivity index (χ0) is 13.9. The Morgan fingerprint density at radius 2 is 2.00 bits per heavy atom. The van der Waals surface area contributed by atoms with Gasteiger partial charge < -0.3 is 20.5 Å². The molecule has 0 spiro atoms. The molecule has 0 saturated carbocycles. The van der Waals surface area contributed by atoms with Gasteiger partial charge in [0.25, 0.3) is 0 Å². The second-order valence-corrected chi connectivity index (χ2v) is 5.74. The highest BCUT2D eigenvalue weighted by atomic mass is 35.5. The fourth-order valence-electron chi connectivity index (χ4n) is 1.98. The molecular formula is C12H23ClN2O4. The molecule has 0 bridgehead atoms. The fourth-order valence-corrected chi connectivity index (χ4v) is 1.98. The largest absolute Gasteiger partial charge is 0.481 e. The van der Waals surface area contributed by atoms with Crippen molar-refractivity contribution in [1.29, 1.82) is 0 Å². The third-order valence-electron chi connectivity index (χ3n) is 2.88. The number of piperidine rings is 1. The van der Waals surface area contributed by atoms with Crippen molar-refractivity contribution in [1.82, 2.24) is 4.90 Å². The molecule has 0 aromatic rings. The lowest BCUT2D eigenvalue weighted by Crippen LogP contribution is -2.50. The zero-order valence-electron chi connectivity index (χ0n) is 11.6. The Labute approximate surface area is 119 Å². The van der Waals surface area contributed by atoms with Crippen LogP contribution in [0.25, 0.3) is 0 Å². The number of hydrogen-bond acceptors (Lipinski definition) is 4. The quantitative estimate of drug-likeness (QED) is 0.804. The number of hydrogen-bond donors (Lipinski definition) is 2. The summed E-state index contributed by atoms with van der Waals surface area (Å²) < 4.78 is 5.26. The molecule has 1 aliphatic rings. The summed E-state index contributed by atoms with van der Waals surface area (Å²) in [6, 6.07) is -0.167. The minimum absolute atomic E-state index is 0. The number of nitrogens with two attached hydrogens (primary N) is 1. The summed E-state index contributed by atoms with van der Waals surface area (Å²) in [7, 11) is 0. The number of nitrogens with zero attached hydrogens (tertiary/aromatic N) is 1. The van der Waals surface area contributed by atoms with Gasteiger partial charge in [0, 0.05) is 25.0 Å². The first-order valence-electron chi connectivity index (χ1n) is 6.14. The molecule has 3 N–H and O–H groups in total. The highest BCUT2D eigenvalue weighted by molar-refractivity contribution is 5.85. The number of carboxylic acid groups (broad SMARTS) is 1. The summed E-state index contributed by atoms with van der Waals surface area (Å²) in [5.41, 5.74) is 5.33. The van der Waals surface area contributed by atoms with Gasteiger partial charge in [0.1, 0.15) is 5.60 Å². The predicted octanol–water partition coefficient (Wildman–Crippen LogP) is 1.47. The van der Waals surface area contributed by atoms with Crippen LogP contribution in [-0.2, 0) is 9.53 Å². The molecular weight excluding hydrogens is 272 g/mol. The lowest BCUT2D eigenvalue weighted by atomic mass is 9.90. The van der Waals surface area contributed by atoms with Crippen molar-refractivity contribution in [2.75, 3.05) is 13.1 Å². The van der Waals surface area contributed by atoms with E-state index < -0.39 is 17.7 Å². The van der Waals surface area contributed by atoms with Crippen molar-refractivity contribution in [3.63, 3.8) is 0 Å². The zero-order valence-corrected chi connectivity index (χ0v) is 12.4. The fraction of sp³-hybridized carbons (Fsp3) is 0.833. The first-order chi connectivity index (χ1) is 8.19. The first-order valence-corrected chi connectivity index (χ1v) is 6.14. The molecule has 0 aromatic carbocycles. The number of carbonyl (C=O) groups is 2. The number of halogens is 1. The molecule has 7 heteroatoms. The first kappa shape index (κ1) is 18.0. The smallest absolute Gasteiger partial charge is 0.410 e. The van der Waals surface area contributed by atoms with Crippen molar-refractivity contribution >= 4 is 24.5 Å². The molecule has 1 rings (SSSR count). The molecule has 0 radical (unpaired) electrons. The maximum atomic E-state index is 11.9. The van der Waals surface area contributed by atoms with Crippen LogP contribution >= 0.6 is 12.4 Å². The number of rotatable bonds is 2. The van der Waals surface area contributed by atoms with Gasteiger partial charge in [-0.15, -0.1) is 12.4 Å². The Morgan fingerprint density at radius 1 is 1.42 bits per heavy atom. The molecule has 1 heterocycles. The molecule has 0 aromatic heterocycles. The van der Waals surface area contributed by atoms with Crippen LogP contribution in [-0.4, -0.2) is 46.8 Å². The van der Waals surface area contributed by atoms with Gasteiger partial charge in [-0.3, -0.25) is 4.79 Å². The summed E-state index contributed by atoms with van der Waals surface area (Å²) in [6.45, 7) is 6.27. The Hall–Kier alpha value is -1.01. The van der Waals surface area contributed by atoms with Crippen LogP contribution in [0, 0.1) is 5.92 Å². The van der Waals surface area contributed by atoms with Crippen LogP contribution in [0.2, 0.25) is 0 Å². The Bertz CT molecular complexity index is 330. The van der Waals surface area contributed by atoms with E-state index in [-0.39, 0.29) is 30.8 Å². The summed E-state index contributed by atoms with van der Waals surface area (Å²) in [5, 5.41) is 8.80. The highest BCUT2D eigenvalue weighted by Crippen LogP contribution is 2.21. The number of amides is 1. The van der Waals surface area contributed by atoms with E-state index in [4.69, 9.17) is 15.6 Å². The lowest BCUT2D eigenvalue weighted by Gasteiger charge is -2.36. The van der Waals surface area contributed by atoms with Crippen molar-refractivity contribution in [2.24, 2.45) is 11.7 Å². The van der Waals surface area contributed by atoms with Crippen molar-refractivity contribution < 1.29 is 19.4 Å². The van der Waals surface area contributed by atoms with E-state index >= 15 is 0 Å². The van der Waals surface area contributed by atoms with E-state index in [1.54, 1.807) is 25.7 Å². The number of carboxylic acids is 1. The second-order valence-electron chi connectivity index (χ2n) is 5.74. The van der Waals surface area contributed by atoms with Crippen LogP contribution in [0.3, 0.4) is 0 Å². The third kappa shape index (κ3) is 6.11. The van der Waals surface area contributed by atoms with Gasteiger partial charge >= 0.3 is 12.1 Å². The third-order valence-corrected chi connectivity index (χ3v) is 2.88. The van der Waals surface area contributed by atoms with Crippen LogP contribution in [0.1, 0.15) is 33.6 Å². The second kappa shape index (κ2) is 6.96. The topological polar surface area (TPSA) is 92.9 Å². The number of aliphatic carboxylic acids is 1. The standard InChI is InChI=1S/C12H22N2O4.ClH/c1-12(2,3)18-11(17)14-5-4-9(13)8(7-14)6-10(15)16;/h8-9H,4-7,13H2,1-3H3,(H,15,16);1H. The number of likely N-dealkylation sites (tertiary alicyclic amines) is 1. The summed E-state index contributed by atoms with van der Waals surface area (Å²) in [4.78, 5) is 24.1. The van der Waals surface area contributed by atoms with Crippen LogP contribution in [0.15, 0.2) is 0 Å². The molecule has 1 saturated heterocycles. The maximum Gasteiger partial charge on any atom is 0.410 e. The molecule has 1 amide bonds. The minimum Gasteiger partial charge on any atom is -0.481 e. The minimum atomic E-state index is -0.888. The van der Waals surface area contributed by atoms with Crippen LogP contribution in [0.5, 0.6) is 0 Å². The monoisotopic (exact) mass is 294 g/mol. The van der Waals surface area contributed by atoms with E-state index in [0.29, 0.717) is 19.5 Å². The van der Waals surface area contributed by atoms with Crippen LogP contribution < -0.4 is 5.73 Å². The maximum absolute atomic E-state index is 11.9. The summed E-state index contributed by atoms with van der Waals surface area (Å²) in [6.07, 6.45) is 0.197. The van der Waals surface area contributed by atoms with Crippen molar-refractivity contribution in [3.05, 3.63) is 0 Å². The predicted molar refractivity (Wildman–Crippen MR) is 73.4 cm³/mol. The molecule has 1 fully saturated rings. The Kier molecular flexibility index (Phi) is 6.59. The van der Waals surface area contributed by atoms with Crippen molar-refractivity contribution in [2.45, 2.75) is 45.3 Å². The van der Waals surface area contributed by atoms with E-state index in [0.717, 1.165) is 0 Å². The Morgan fingerprint density at radius 3 is 2.47 bits per heavy atom. The van der Waals surface area contributed by atoms with Crippen LogP contribution in [0.4, 0.5) is 4.79 Å². The van der Waals surface area contributed by atoms with E-state index in [1.807, 2.05) is 0 Å². The number of carbonyl (C=O) groups excluding carboxylic acids is 1. The SMILES string of the molecule is CC(C)(C)OC(=O)N1CCC(N)C(CC(=O)O)C1.Cl. The molecule has 19 heavy (non-hydrogen) atoms. The molecule has 2 unspecified atom stereocenters. The summed E-state index contributed by atoms with van der Waals surface area (Å²) >= 11 is 0. The van der Waals surface area contributed by atoms with Gasteiger partial charge in [-0.25, -0.2) is 4.79 Å². The average molecular weight is 295 g/mol. The van der Waals surface area contributed by atoms with Crippen molar-refractivity contribution in [3.8, 4) is 0 Å². The average Bonchev–Trinajstić information content (AvgIpc) is 2.17. The molecule has 6 nitrogen and oxygen atoms in total. The van der Waals surface area contributed by atoms with Gasteiger partial charge in [0.05, 0.1) is 6.42 Å². The van der Waals surface area contributed by atoms with E-state index in [1.165, 1.54) is 0 Å². The highest BCUT2D eigenvalue weighted by Gasteiger charge is 2.32. The lowest BCUT2D eigenvalue weighted by molar-refractivity contribution is -0.138. The normalized spacial score (nSPS) is 23.5. The van der Waals surface area contributed by atoms with Gasteiger partial charge in [0.15, 0.2) is 0 Å². The van der Waals surface area contributed by atoms with Gasteiger partial charge in [-0.2, -0.15) is 0 Å². The molecule has 112 valence electrons. The van der Waals surface area contributed by atoms with Gasteiger partial charge in [-0.1, -0.05) is 0 Å². The van der Waals surface area contributed by atoms with E-state index in [9.17, 15) is 9.59 Å². The number of ether oxygens (including phenoxy) is 1. The summed E-state index contributed by atoms with van der Waals surface area (Å²) in [5.74, 6) is -1.09. The molecule has 0 aliphatic carbocycles. The Balaban J connectivity index is 0.00000324. The molecule has 1 aliphatic heterocycles. The molecule has 2 atom stereocenters. The van der Waals surface area contributed by atoms with E-state index in [2.05, 4.69) is 0 Å². The van der Waals surface area contributed by atoms with Gasteiger partial charge in [-0.05, 0) is 27.2 Å².